The number of hydrogen-bond acceptors (Lipinski definition) is 5. The molecule has 1 aromatic carbocycles. The lowest BCUT2D eigenvalue weighted by atomic mass is 9.97. The Balaban J connectivity index is 2.28. The van der Waals surface area contributed by atoms with E-state index in [1.54, 1.807) is 0 Å². The topological polar surface area (TPSA) is 101 Å². The van der Waals surface area contributed by atoms with Crippen LogP contribution in [0, 0.1) is 5.92 Å². The van der Waals surface area contributed by atoms with Crippen molar-refractivity contribution >= 4 is 46.1 Å². The van der Waals surface area contributed by atoms with Crippen molar-refractivity contribution in [3.05, 3.63) is 28.8 Å². The molecule has 6 nitrogen and oxygen atoms in total. The number of carboxylic acid groups (broad SMARTS) is 1. The van der Waals surface area contributed by atoms with Crippen LogP contribution in [0.3, 0.4) is 0 Å². The number of rotatable bonds is 3. The van der Waals surface area contributed by atoms with Gasteiger partial charge in [0.15, 0.2) is 11.7 Å². The molecule has 0 fully saturated rings. The van der Waals surface area contributed by atoms with Gasteiger partial charge >= 0.3 is 5.97 Å². The molecule has 2 N–H and O–H groups in total. The van der Waals surface area contributed by atoms with E-state index in [2.05, 4.69) is 5.32 Å². The first-order valence-corrected chi connectivity index (χ1v) is 7.09. The summed E-state index contributed by atoms with van der Waals surface area (Å²) < 4.78 is 0. The number of ketones is 1. The van der Waals surface area contributed by atoms with Crippen molar-refractivity contribution < 1.29 is 24.3 Å². The highest BCUT2D eigenvalue weighted by atomic mass is 35.5. The third kappa shape index (κ3) is 3.08. The molecule has 0 saturated carbocycles. The van der Waals surface area contributed by atoms with Crippen LogP contribution in [0.25, 0.3) is 0 Å². The maximum absolute atomic E-state index is 12.2. The largest absolute Gasteiger partial charge is 0.480 e. The van der Waals surface area contributed by atoms with Gasteiger partial charge in [-0.15, -0.1) is 0 Å². The second-order valence-electron chi connectivity index (χ2n) is 4.43. The second kappa shape index (κ2) is 5.87. The lowest BCUT2D eigenvalue weighted by Gasteiger charge is -2.21. The summed E-state index contributed by atoms with van der Waals surface area (Å²) in [5, 5.41) is 10.6. The summed E-state index contributed by atoms with van der Waals surface area (Å²) in [6, 6.07) is 3.23. The Morgan fingerprint density at radius 3 is 2.67 bits per heavy atom. The minimum Gasteiger partial charge on any atom is -0.480 e. The molecule has 0 bridgehead atoms. The molecular weight excluding hydrogens is 318 g/mol. The minimum absolute atomic E-state index is 0.229. The molecular formula is C13H10ClNO5S. The number of carbonyl (C=O) groups excluding carboxylic acids is 3. The molecule has 2 atom stereocenters. The van der Waals surface area contributed by atoms with Crippen LogP contribution in [-0.4, -0.2) is 33.9 Å². The van der Waals surface area contributed by atoms with Crippen molar-refractivity contribution in [2.45, 2.75) is 17.9 Å². The summed E-state index contributed by atoms with van der Waals surface area (Å²) >= 11 is 6.54. The second-order valence-corrected chi connectivity index (χ2v) is 5.91. The average Bonchev–Trinajstić information content (AvgIpc) is 2.37. The van der Waals surface area contributed by atoms with Gasteiger partial charge in [-0.25, -0.2) is 0 Å². The van der Waals surface area contributed by atoms with Crippen molar-refractivity contribution in [1.82, 2.24) is 5.32 Å². The average molecular weight is 328 g/mol. The lowest BCUT2D eigenvalue weighted by Crippen LogP contribution is -2.46. The number of thioether (sulfide) groups is 1. The highest BCUT2D eigenvalue weighted by Gasteiger charge is 2.41. The van der Waals surface area contributed by atoms with Crippen molar-refractivity contribution in [3.63, 3.8) is 0 Å². The number of carboxylic acids is 1. The van der Waals surface area contributed by atoms with E-state index in [1.165, 1.54) is 25.1 Å². The third-order valence-corrected chi connectivity index (χ3v) is 4.14. The number of carbonyl (C=O) groups is 4. The highest BCUT2D eigenvalue weighted by molar-refractivity contribution is 8.14. The maximum Gasteiger partial charge on any atom is 0.325 e. The van der Waals surface area contributed by atoms with Gasteiger partial charge in [-0.1, -0.05) is 11.6 Å². The number of benzene rings is 1. The minimum atomic E-state index is -1.54. The monoisotopic (exact) mass is 327 g/mol. The van der Waals surface area contributed by atoms with E-state index in [-0.39, 0.29) is 5.56 Å². The van der Waals surface area contributed by atoms with Crippen LogP contribution in [0.5, 0.6) is 0 Å². The molecule has 1 aromatic rings. The van der Waals surface area contributed by atoms with Gasteiger partial charge < -0.3 is 10.4 Å². The maximum atomic E-state index is 12.2. The van der Waals surface area contributed by atoms with Crippen molar-refractivity contribution in [3.8, 4) is 0 Å². The van der Waals surface area contributed by atoms with Crippen LogP contribution in [-0.2, 0) is 14.4 Å². The van der Waals surface area contributed by atoms with Crippen LogP contribution in [0.1, 0.15) is 17.3 Å². The Kier molecular flexibility index (Phi) is 4.34. The molecule has 0 saturated heterocycles. The van der Waals surface area contributed by atoms with Gasteiger partial charge in [0.2, 0.25) is 11.0 Å². The number of nitrogens with one attached hydrogen (secondary N) is 1. The van der Waals surface area contributed by atoms with Gasteiger partial charge in [-0.3, -0.25) is 19.2 Å². The van der Waals surface area contributed by atoms with Gasteiger partial charge in [0.1, 0.15) is 6.04 Å². The fourth-order valence-electron chi connectivity index (χ4n) is 1.80. The van der Waals surface area contributed by atoms with Crippen molar-refractivity contribution in [1.29, 1.82) is 0 Å². The van der Waals surface area contributed by atoms with Crippen molar-refractivity contribution in [2.75, 3.05) is 0 Å². The molecule has 2 rings (SSSR count). The molecule has 21 heavy (non-hydrogen) atoms. The van der Waals surface area contributed by atoms with E-state index in [4.69, 9.17) is 16.7 Å². The van der Waals surface area contributed by atoms with Crippen LogP contribution in [0.4, 0.5) is 0 Å². The molecule has 0 spiro atoms. The Labute approximate surface area is 128 Å². The zero-order valence-corrected chi connectivity index (χ0v) is 12.3. The number of amides is 1. The Hall–Kier alpha value is -1.86. The summed E-state index contributed by atoms with van der Waals surface area (Å²) in [4.78, 5) is 47.3. The van der Waals surface area contributed by atoms with Crippen LogP contribution >= 0.6 is 23.4 Å². The quantitative estimate of drug-likeness (QED) is 0.813. The summed E-state index contributed by atoms with van der Waals surface area (Å²) in [6.45, 7) is 1.25. The Bertz CT molecular complexity index is 660. The zero-order valence-electron chi connectivity index (χ0n) is 10.8. The molecule has 0 aliphatic carbocycles. The predicted molar refractivity (Wildman–Crippen MR) is 75.4 cm³/mol. The molecule has 8 heteroatoms. The van der Waals surface area contributed by atoms with Crippen LogP contribution in [0.2, 0.25) is 5.02 Å². The molecule has 1 unspecified atom stereocenters. The van der Waals surface area contributed by atoms with E-state index < -0.39 is 34.7 Å². The molecule has 1 aliphatic heterocycles. The van der Waals surface area contributed by atoms with Crippen LogP contribution < -0.4 is 5.32 Å². The SMILES string of the molecule is C[C@H](NC(=O)C1C(=O)Sc2cc(Cl)ccc2C1=O)C(=O)O. The molecule has 1 amide bonds. The Morgan fingerprint density at radius 2 is 2.05 bits per heavy atom. The molecule has 110 valence electrons. The fourth-order valence-corrected chi connectivity index (χ4v) is 3.05. The van der Waals surface area contributed by atoms with E-state index in [9.17, 15) is 19.2 Å². The third-order valence-electron chi connectivity index (χ3n) is 2.91. The summed E-state index contributed by atoms with van der Waals surface area (Å²) in [5.74, 6) is -4.35. The van der Waals surface area contributed by atoms with Gasteiger partial charge in [-0.05, 0) is 36.9 Å². The molecule has 0 radical (unpaired) electrons. The number of fused-ring (bicyclic) bond motifs is 1. The smallest absolute Gasteiger partial charge is 0.325 e. The van der Waals surface area contributed by atoms with Gasteiger partial charge in [0.05, 0.1) is 0 Å². The van der Waals surface area contributed by atoms with Crippen molar-refractivity contribution in [2.24, 2.45) is 5.92 Å². The summed E-state index contributed by atoms with van der Waals surface area (Å²) in [5.41, 5.74) is 0.229. The lowest BCUT2D eigenvalue weighted by molar-refractivity contribution is -0.142. The Morgan fingerprint density at radius 1 is 1.38 bits per heavy atom. The van der Waals surface area contributed by atoms with Gasteiger partial charge in [0.25, 0.3) is 0 Å². The number of Topliss-reactive ketones (excluding diaryl/α,β-unsaturated/α-hetero) is 1. The summed E-state index contributed by atoms with van der Waals surface area (Å²) in [6.07, 6.45) is 0. The standard InChI is InChI=1S/C13H10ClNO5S/c1-5(12(18)19)15-11(17)9-10(16)7-3-2-6(14)4-8(7)21-13(9)20/h2-5,9H,1H3,(H,15,17)(H,18,19)/t5-,9?/m0/s1. The first-order valence-electron chi connectivity index (χ1n) is 5.90. The first kappa shape index (κ1) is 15.5. The predicted octanol–water partition coefficient (Wildman–Crippen LogP) is 1.36. The summed E-state index contributed by atoms with van der Waals surface area (Å²) in [7, 11) is 0. The molecule has 1 aliphatic rings. The number of aliphatic carboxylic acids is 1. The van der Waals surface area contributed by atoms with Gasteiger partial charge in [-0.2, -0.15) is 0 Å². The van der Waals surface area contributed by atoms with E-state index in [0.29, 0.717) is 9.92 Å². The van der Waals surface area contributed by atoms with E-state index in [0.717, 1.165) is 11.8 Å². The highest BCUT2D eigenvalue weighted by Crippen LogP contribution is 2.35. The van der Waals surface area contributed by atoms with E-state index >= 15 is 0 Å². The normalized spacial score (nSPS) is 18.9. The number of hydrogen-bond donors (Lipinski definition) is 2. The van der Waals surface area contributed by atoms with E-state index in [1.807, 2.05) is 0 Å². The molecule has 1 heterocycles. The number of halogens is 1. The molecule has 0 aromatic heterocycles. The van der Waals surface area contributed by atoms with Gasteiger partial charge in [0, 0.05) is 15.5 Å². The first-order chi connectivity index (χ1) is 9.81. The zero-order chi connectivity index (χ0) is 15.7. The van der Waals surface area contributed by atoms with Crippen LogP contribution in [0.15, 0.2) is 23.1 Å². The fraction of sp³-hybridized carbons (Fsp3) is 0.231.